The molecule has 0 fully saturated rings. The molecule has 0 unspecified atom stereocenters. The van der Waals surface area contributed by atoms with E-state index in [1.54, 1.807) is 0 Å². The zero-order valence-corrected chi connectivity index (χ0v) is 10.8. The average Bonchev–Trinajstić information content (AvgIpc) is 2.66. The van der Waals surface area contributed by atoms with Crippen LogP contribution in [0.25, 0.3) is 0 Å². The number of aliphatic hydroxyl groups is 1. The van der Waals surface area contributed by atoms with Crippen LogP contribution in [-0.4, -0.2) is 23.3 Å². The lowest BCUT2D eigenvalue weighted by Crippen LogP contribution is -2.22. The van der Waals surface area contributed by atoms with Crippen LogP contribution in [0.2, 0.25) is 0 Å². The average molecular weight is 248 g/mol. The van der Waals surface area contributed by atoms with Gasteiger partial charge in [-0.05, 0) is 44.3 Å². The fourth-order valence-corrected chi connectivity index (χ4v) is 2.58. The Bertz CT molecular complexity index is 419. The number of hydrogen-bond donors (Lipinski definition) is 1. The highest BCUT2D eigenvalue weighted by Crippen LogP contribution is 2.33. The van der Waals surface area contributed by atoms with E-state index in [1.165, 1.54) is 0 Å². The Morgan fingerprint density at radius 2 is 2.17 bits per heavy atom. The fraction of sp³-hybridized carbons (Fsp3) is 0.533. The standard InChI is InChI=1S/C15H20O3/c1-9(2)12-6-4-10(3)13(16)7-5-11-8-14(12)18-15(11)17/h8,12-14,16H,1,3-7H2,2H3/t12-,13+,14-/m1/s1. The van der Waals surface area contributed by atoms with Gasteiger partial charge in [-0.15, -0.1) is 0 Å². The molecule has 1 N–H and O–H groups in total. The third-order valence-corrected chi connectivity index (χ3v) is 3.84. The van der Waals surface area contributed by atoms with E-state index in [2.05, 4.69) is 13.2 Å². The largest absolute Gasteiger partial charge is 0.454 e. The molecular weight excluding hydrogens is 228 g/mol. The van der Waals surface area contributed by atoms with Crippen molar-refractivity contribution in [3.05, 3.63) is 36.0 Å². The van der Waals surface area contributed by atoms with Gasteiger partial charge in [0.05, 0.1) is 6.10 Å². The summed E-state index contributed by atoms with van der Waals surface area (Å²) in [7, 11) is 0. The van der Waals surface area contributed by atoms with Crippen molar-refractivity contribution in [2.75, 3.05) is 0 Å². The maximum atomic E-state index is 11.7. The molecule has 0 saturated heterocycles. The lowest BCUT2D eigenvalue weighted by molar-refractivity contribution is -0.141. The van der Waals surface area contributed by atoms with E-state index in [1.807, 2.05) is 13.0 Å². The molecule has 2 bridgehead atoms. The lowest BCUT2D eigenvalue weighted by Gasteiger charge is -2.23. The Hall–Kier alpha value is -1.35. The van der Waals surface area contributed by atoms with E-state index in [9.17, 15) is 9.90 Å². The monoisotopic (exact) mass is 248 g/mol. The predicted octanol–water partition coefficient (Wildman–Crippen LogP) is 2.52. The molecule has 0 aromatic heterocycles. The molecule has 0 aromatic carbocycles. The summed E-state index contributed by atoms with van der Waals surface area (Å²) in [4.78, 5) is 11.7. The first-order valence-corrected chi connectivity index (χ1v) is 6.42. The van der Waals surface area contributed by atoms with Crippen LogP contribution < -0.4 is 0 Å². The van der Waals surface area contributed by atoms with Gasteiger partial charge in [0.15, 0.2) is 0 Å². The first kappa shape index (κ1) is 13.1. The third kappa shape index (κ3) is 2.56. The van der Waals surface area contributed by atoms with Gasteiger partial charge in [-0.1, -0.05) is 18.7 Å². The normalized spacial score (nSPS) is 32.8. The minimum atomic E-state index is -0.526. The summed E-state index contributed by atoms with van der Waals surface area (Å²) in [6.45, 7) is 9.86. The van der Waals surface area contributed by atoms with Gasteiger partial charge in [-0.3, -0.25) is 0 Å². The molecule has 0 saturated carbocycles. The van der Waals surface area contributed by atoms with Crippen molar-refractivity contribution >= 4 is 5.97 Å². The van der Waals surface area contributed by atoms with E-state index < -0.39 is 6.10 Å². The number of fused-ring (bicyclic) bond motifs is 1. The SMILES string of the molecule is C=C(C)[C@H]1CCC(=C)[C@@H](O)CCC2=C[C@H]1OC2=O. The summed E-state index contributed by atoms with van der Waals surface area (Å²) in [5.74, 6) is -0.125. The summed E-state index contributed by atoms with van der Waals surface area (Å²) < 4.78 is 5.40. The Kier molecular flexibility index (Phi) is 3.71. The van der Waals surface area contributed by atoms with Crippen LogP contribution in [0.15, 0.2) is 36.0 Å². The molecule has 18 heavy (non-hydrogen) atoms. The first-order valence-electron chi connectivity index (χ1n) is 6.42. The number of carbonyl (C=O) groups excluding carboxylic acids is 1. The Balaban J connectivity index is 2.25. The van der Waals surface area contributed by atoms with Gasteiger partial charge < -0.3 is 9.84 Å². The molecule has 0 spiro atoms. The number of aliphatic hydroxyl groups excluding tert-OH is 1. The van der Waals surface area contributed by atoms with Gasteiger partial charge in [0.1, 0.15) is 6.10 Å². The van der Waals surface area contributed by atoms with Crippen LogP contribution in [0.5, 0.6) is 0 Å². The zero-order valence-electron chi connectivity index (χ0n) is 10.8. The summed E-state index contributed by atoms with van der Waals surface area (Å²) in [5.41, 5.74) is 2.53. The van der Waals surface area contributed by atoms with E-state index in [4.69, 9.17) is 4.74 Å². The second-order valence-electron chi connectivity index (χ2n) is 5.27. The fourth-order valence-electron chi connectivity index (χ4n) is 2.58. The Morgan fingerprint density at radius 3 is 2.83 bits per heavy atom. The highest BCUT2D eigenvalue weighted by molar-refractivity contribution is 5.91. The van der Waals surface area contributed by atoms with Gasteiger partial charge in [0, 0.05) is 11.5 Å². The second kappa shape index (κ2) is 5.11. The van der Waals surface area contributed by atoms with Crippen molar-refractivity contribution in [3.63, 3.8) is 0 Å². The van der Waals surface area contributed by atoms with Crippen LogP contribution in [0, 0.1) is 5.92 Å². The highest BCUT2D eigenvalue weighted by atomic mass is 16.5. The molecule has 3 nitrogen and oxygen atoms in total. The lowest BCUT2D eigenvalue weighted by atomic mass is 9.86. The van der Waals surface area contributed by atoms with E-state index in [-0.39, 0.29) is 18.0 Å². The summed E-state index contributed by atoms with van der Waals surface area (Å²) in [5, 5.41) is 9.94. The van der Waals surface area contributed by atoms with Crippen LogP contribution in [0.1, 0.15) is 32.6 Å². The highest BCUT2D eigenvalue weighted by Gasteiger charge is 2.33. The van der Waals surface area contributed by atoms with Crippen molar-refractivity contribution < 1.29 is 14.6 Å². The molecule has 0 aromatic rings. The van der Waals surface area contributed by atoms with Crippen molar-refractivity contribution in [2.45, 2.75) is 44.8 Å². The summed E-state index contributed by atoms with van der Waals surface area (Å²) in [6.07, 6.45) is 3.85. The van der Waals surface area contributed by atoms with Gasteiger partial charge in [-0.2, -0.15) is 0 Å². The predicted molar refractivity (Wildman–Crippen MR) is 69.9 cm³/mol. The maximum Gasteiger partial charge on any atom is 0.334 e. The van der Waals surface area contributed by atoms with Gasteiger partial charge in [0.25, 0.3) is 0 Å². The molecule has 0 amide bonds. The number of rotatable bonds is 1. The van der Waals surface area contributed by atoms with Crippen molar-refractivity contribution in [1.82, 2.24) is 0 Å². The molecular formula is C15H20O3. The van der Waals surface area contributed by atoms with Gasteiger partial charge >= 0.3 is 5.97 Å². The smallest absolute Gasteiger partial charge is 0.334 e. The molecule has 2 aliphatic rings. The first-order chi connectivity index (χ1) is 8.49. The topological polar surface area (TPSA) is 46.5 Å². The van der Waals surface area contributed by atoms with Crippen molar-refractivity contribution in [1.29, 1.82) is 0 Å². The van der Waals surface area contributed by atoms with Gasteiger partial charge in [0.2, 0.25) is 0 Å². The van der Waals surface area contributed by atoms with Crippen LogP contribution in [0.3, 0.4) is 0 Å². The van der Waals surface area contributed by atoms with Crippen molar-refractivity contribution in [3.8, 4) is 0 Å². The molecule has 1 aliphatic carbocycles. The van der Waals surface area contributed by atoms with Crippen molar-refractivity contribution in [2.24, 2.45) is 5.92 Å². The number of ether oxygens (including phenoxy) is 1. The molecule has 98 valence electrons. The van der Waals surface area contributed by atoms with Gasteiger partial charge in [-0.25, -0.2) is 4.79 Å². The quantitative estimate of drug-likeness (QED) is 0.573. The van der Waals surface area contributed by atoms with E-state index >= 15 is 0 Å². The summed E-state index contributed by atoms with van der Waals surface area (Å²) in [6, 6.07) is 0. The molecule has 2 rings (SSSR count). The summed E-state index contributed by atoms with van der Waals surface area (Å²) >= 11 is 0. The molecule has 0 radical (unpaired) electrons. The van der Waals surface area contributed by atoms with Crippen LogP contribution in [0.4, 0.5) is 0 Å². The van der Waals surface area contributed by atoms with Crippen LogP contribution in [-0.2, 0) is 9.53 Å². The second-order valence-corrected chi connectivity index (χ2v) is 5.27. The molecule has 3 heteroatoms. The number of carbonyl (C=O) groups is 1. The Morgan fingerprint density at radius 1 is 1.44 bits per heavy atom. The zero-order chi connectivity index (χ0) is 13.3. The Labute approximate surface area is 108 Å². The third-order valence-electron chi connectivity index (χ3n) is 3.84. The molecule has 1 heterocycles. The number of hydrogen-bond acceptors (Lipinski definition) is 3. The van der Waals surface area contributed by atoms with E-state index in [0.29, 0.717) is 18.4 Å². The minimum absolute atomic E-state index is 0.119. The van der Waals surface area contributed by atoms with Crippen LogP contribution >= 0.6 is 0 Å². The number of esters is 1. The maximum absolute atomic E-state index is 11.7. The molecule has 3 atom stereocenters. The molecule has 1 aliphatic heterocycles. The van der Waals surface area contributed by atoms with E-state index in [0.717, 1.165) is 24.0 Å². The minimum Gasteiger partial charge on any atom is -0.454 e.